The van der Waals surface area contributed by atoms with Crippen molar-refractivity contribution in [3.05, 3.63) is 39.3 Å². The van der Waals surface area contributed by atoms with E-state index in [1.165, 1.54) is 12.8 Å². The molecule has 0 saturated heterocycles. The Bertz CT molecular complexity index is 684. The first-order valence-electron chi connectivity index (χ1n) is 9.14. The van der Waals surface area contributed by atoms with Crippen LogP contribution in [0.3, 0.4) is 0 Å². The van der Waals surface area contributed by atoms with Gasteiger partial charge in [0.2, 0.25) is 0 Å². The molecule has 0 heterocycles. The lowest BCUT2D eigenvalue weighted by molar-refractivity contribution is 0.0484. The lowest BCUT2D eigenvalue weighted by atomic mass is 10.1. The molecule has 0 amide bonds. The van der Waals surface area contributed by atoms with Crippen molar-refractivity contribution < 1.29 is 27.1 Å². The molecule has 1 aromatic carbocycles. The summed E-state index contributed by atoms with van der Waals surface area (Å²) >= 11 is 4.15. The third-order valence-corrected chi connectivity index (χ3v) is 4.44. The average Bonchev–Trinajstić information content (AvgIpc) is 2.68. The number of carbonyl (C=O) groups excluding carboxylic acids is 1. The number of rotatable bonds is 13. The second kappa shape index (κ2) is 13.3. The Kier molecular flexibility index (Phi) is 11.4. The van der Waals surface area contributed by atoms with Crippen LogP contribution in [0.5, 0.6) is 0 Å². The quantitative estimate of drug-likeness (QED) is 0.0557. The van der Waals surface area contributed by atoms with Gasteiger partial charge in [0.25, 0.3) is 0 Å². The van der Waals surface area contributed by atoms with E-state index >= 15 is 0 Å². The molecule has 5 nitrogen and oxygen atoms in total. The van der Waals surface area contributed by atoms with Gasteiger partial charge in [-0.05, 0) is 24.1 Å². The zero-order valence-corrected chi connectivity index (χ0v) is 16.3. The summed E-state index contributed by atoms with van der Waals surface area (Å²) in [6.45, 7) is -0.124. The summed E-state index contributed by atoms with van der Waals surface area (Å²) in [6, 6.07) is 0. The lowest BCUT2D eigenvalue weighted by Crippen LogP contribution is -2.14. The van der Waals surface area contributed by atoms with E-state index < -0.39 is 40.5 Å². The molecule has 1 aromatic rings. The van der Waals surface area contributed by atoms with Gasteiger partial charge < -0.3 is 4.74 Å². The molecule has 28 heavy (non-hydrogen) atoms. The second-order valence-corrected chi connectivity index (χ2v) is 6.66. The Hall–Kier alpha value is -1.93. The molecule has 0 fully saturated rings. The van der Waals surface area contributed by atoms with E-state index in [2.05, 4.69) is 22.7 Å². The van der Waals surface area contributed by atoms with Crippen LogP contribution in [0.25, 0.3) is 10.4 Å². The van der Waals surface area contributed by atoms with Crippen molar-refractivity contribution in [1.29, 1.82) is 0 Å². The maximum atomic E-state index is 13.8. The topological polar surface area (TPSA) is 75.1 Å². The van der Waals surface area contributed by atoms with Gasteiger partial charge >= 0.3 is 5.97 Å². The molecular weight excluding hydrogens is 398 g/mol. The summed E-state index contributed by atoms with van der Waals surface area (Å²) in [7, 11) is 0. The number of carbonyl (C=O) groups is 1. The molecule has 0 atom stereocenters. The van der Waals surface area contributed by atoms with E-state index in [9.17, 15) is 22.4 Å². The summed E-state index contributed by atoms with van der Waals surface area (Å²) in [5, 5.41) is 2.55. The van der Waals surface area contributed by atoms with Crippen LogP contribution in [0.1, 0.15) is 68.1 Å². The van der Waals surface area contributed by atoms with Gasteiger partial charge in [0.05, 0.1) is 6.61 Å². The molecular formula is C18H23F4N3O2S. The largest absolute Gasteiger partial charge is 0.462 e. The third kappa shape index (κ3) is 7.24. The number of halogens is 4. The normalized spacial score (nSPS) is 10.6. The first kappa shape index (κ1) is 24.1. The standard InChI is InChI=1S/C18H23F4N3O2S/c19-13-12(14(20)16(22)17(15(13)21)24-25-23)18(26)27-10-8-6-4-2-1-3-5-7-9-11-28/h28H,1-11H2. The van der Waals surface area contributed by atoms with Crippen LogP contribution in [0.15, 0.2) is 5.11 Å². The van der Waals surface area contributed by atoms with Crippen LogP contribution in [0, 0.1) is 23.3 Å². The van der Waals surface area contributed by atoms with E-state index in [1.54, 1.807) is 0 Å². The first-order valence-corrected chi connectivity index (χ1v) is 9.78. The summed E-state index contributed by atoms with van der Waals surface area (Å²) in [5.41, 5.74) is 5.23. The minimum atomic E-state index is -1.95. The number of azide groups is 1. The Morgan fingerprint density at radius 3 is 1.79 bits per heavy atom. The van der Waals surface area contributed by atoms with Crippen molar-refractivity contribution >= 4 is 24.3 Å². The zero-order valence-electron chi connectivity index (χ0n) is 15.4. The van der Waals surface area contributed by atoms with Crippen LogP contribution in [-0.2, 0) is 4.74 Å². The molecule has 0 aliphatic carbocycles. The number of ether oxygens (including phenoxy) is 1. The molecule has 0 bridgehead atoms. The second-order valence-electron chi connectivity index (χ2n) is 6.21. The van der Waals surface area contributed by atoms with Crippen LogP contribution < -0.4 is 0 Å². The van der Waals surface area contributed by atoms with Crippen molar-refractivity contribution in [2.24, 2.45) is 5.11 Å². The highest BCUT2D eigenvalue weighted by Gasteiger charge is 2.29. The number of thiol groups is 1. The number of unbranched alkanes of at least 4 members (excludes halogenated alkanes) is 8. The molecule has 0 aromatic heterocycles. The van der Waals surface area contributed by atoms with Gasteiger partial charge in [-0.25, -0.2) is 22.4 Å². The van der Waals surface area contributed by atoms with E-state index in [0.29, 0.717) is 6.42 Å². The minimum absolute atomic E-state index is 0.124. The zero-order chi connectivity index (χ0) is 20.9. The highest BCUT2D eigenvalue weighted by Crippen LogP contribution is 2.30. The third-order valence-electron chi connectivity index (χ3n) is 4.12. The van der Waals surface area contributed by atoms with Crippen molar-refractivity contribution in [1.82, 2.24) is 0 Å². The Labute approximate surface area is 166 Å². The minimum Gasteiger partial charge on any atom is -0.462 e. The van der Waals surface area contributed by atoms with E-state index in [4.69, 9.17) is 10.3 Å². The molecule has 0 saturated carbocycles. The summed E-state index contributed by atoms with van der Waals surface area (Å²) in [5.74, 6) is -8.40. The molecule has 1 rings (SSSR count). The Morgan fingerprint density at radius 1 is 0.857 bits per heavy atom. The average molecular weight is 421 g/mol. The number of nitrogens with zero attached hydrogens (tertiary/aromatic N) is 3. The van der Waals surface area contributed by atoms with Crippen molar-refractivity contribution in [2.75, 3.05) is 12.4 Å². The molecule has 0 aliphatic heterocycles. The lowest BCUT2D eigenvalue weighted by Gasteiger charge is -2.09. The predicted octanol–water partition coefficient (Wildman–Crippen LogP) is 6.78. The molecule has 10 heteroatoms. The van der Waals surface area contributed by atoms with Crippen LogP contribution in [0.2, 0.25) is 0 Å². The molecule has 156 valence electrons. The number of hydrogen-bond donors (Lipinski definition) is 1. The van der Waals surface area contributed by atoms with Gasteiger partial charge in [0.1, 0.15) is 11.3 Å². The SMILES string of the molecule is [N-]=[N+]=Nc1c(F)c(F)c(C(=O)OCCCCCCCCCCCS)c(F)c1F. The van der Waals surface area contributed by atoms with Crippen molar-refractivity contribution in [3.63, 3.8) is 0 Å². The highest BCUT2D eigenvalue weighted by atomic mass is 32.1. The van der Waals surface area contributed by atoms with Gasteiger partial charge in [-0.3, -0.25) is 0 Å². The molecule has 0 spiro atoms. The van der Waals surface area contributed by atoms with E-state index in [0.717, 1.165) is 44.3 Å². The highest BCUT2D eigenvalue weighted by molar-refractivity contribution is 7.80. The number of benzene rings is 1. The van der Waals surface area contributed by atoms with Crippen molar-refractivity contribution in [2.45, 2.75) is 57.8 Å². The van der Waals surface area contributed by atoms with Gasteiger partial charge in [-0.15, -0.1) is 0 Å². The fourth-order valence-electron chi connectivity index (χ4n) is 2.62. The fraction of sp³-hybridized carbons (Fsp3) is 0.611. The van der Waals surface area contributed by atoms with Gasteiger partial charge in [0, 0.05) is 4.91 Å². The molecule has 0 unspecified atom stereocenters. The maximum absolute atomic E-state index is 13.8. The summed E-state index contributed by atoms with van der Waals surface area (Å²) in [6.07, 6.45) is 8.94. The Morgan fingerprint density at radius 2 is 1.32 bits per heavy atom. The number of esters is 1. The van der Waals surface area contributed by atoms with E-state index in [-0.39, 0.29) is 6.61 Å². The van der Waals surface area contributed by atoms with Crippen LogP contribution in [-0.4, -0.2) is 18.3 Å². The predicted molar refractivity (Wildman–Crippen MR) is 101 cm³/mol. The van der Waals surface area contributed by atoms with Gasteiger partial charge in [-0.1, -0.05) is 50.1 Å². The summed E-state index contributed by atoms with van der Waals surface area (Å²) in [4.78, 5) is 13.9. The molecule has 0 N–H and O–H groups in total. The smallest absolute Gasteiger partial charge is 0.344 e. The van der Waals surface area contributed by atoms with Crippen molar-refractivity contribution in [3.8, 4) is 0 Å². The Balaban J connectivity index is 2.41. The van der Waals surface area contributed by atoms with Gasteiger partial charge in [-0.2, -0.15) is 12.6 Å². The molecule has 0 radical (unpaired) electrons. The van der Waals surface area contributed by atoms with Gasteiger partial charge in [0.15, 0.2) is 23.3 Å². The number of hydrogen-bond acceptors (Lipinski definition) is 4. The summed E-state index contributed by atoms with van der Waals surface area (Å²) < 4.78 is 59.7. The van der Waals surface area contributed by atoms with Crippen LogP contribution >= 0.6 is 12.6 Å². The maximum Gasteiger partial charge on any atom is 0.344 e. The monoisotopic (exact) mass is 421 g/mol. The first-order chi connectivity index (χ1) is 13.5. The fourth-order valence-corrected chi connectivity index (χ4v) is 2.84. The van der Waals surface area contributed by atoms with E-state index in [1.807, 2.05) is 0 Å². The molecule has 0 aliphatic rings. The van der Waals surface area contributed by atoms with Crippen LogP contribution in [0.4, 0.5) is 23.2 Å².